The molecule has 96 valence electrons. The minimum Gasteiger partial charge on any atom is -0.480 e. The van der Waals surface area contributed by atoms with Crippen LogP contribution in [-0.2, 0) is 17.3 Å². The fourth-order valence-corrected chi connectivity index (χ4v) is 1.84. The molecule has 0 amide bonds. The van der Waals surface area contributed by atoms with E-state index in [1.807, 2.05) is 34.7 Å². The van der Waals surface area contributed by atoms with Crippen molar-refractivity contribution in [1.29, 1.82) is 0 Å². The molecule has 5 nitrogen and oxygen atoms in total. The Bertz CT molecular complexity index is 404. The van der Waals surface area contributed by atoms with Gasteiger partial charge in [0.2, 0.25) is 0 Å². The number of aromatic nitrogens is 2. The van der Waals surface area contributed by atoms with E-state index >= 15 is 0 Å². The van der Waals surface area contributed by atoms with E-state index in [1.165, 1.54) is 0 Å². The van der Waals surface area contributed by atoms with Crippen molar-refractivity contribution in [2.45, 2.75) is 39.2 Å². The highest BCUT2D eigenvalue weighted by Gasteiger charge is 2.29. The fraction of sp³-hybridized carbons (Fsp3) is 0.667. The second-order valence-electron chi connectivity index (χ2n) is 5.19. The van der Waals surface area contributed by atoms with Crippen LogP contribution in [0, 0.1) is 0 Å². The lowest BCUT2D eigenvalue weighted by molar-refractivity contribution is -0.139. The highest BCUT2D eigenvalue weighted by Crippen LogP contribution is 2.28. The van der Waals surface area contributed by atoms with Crippen molar-refractivity contribution < 1.29 is 9.90 Å². The van der Waals surface area contributed by atoms with E-state index in [4.69, 9.17) is 0 Å². The first-order chi connectivity index (χ1) is 7.77. The fourth-order valence-electron chi connectivity index (χ4n) is 1.84. The molecular weight excluding hydrogens is 218 g/mol. The number of hydrogen-bond donors (Lipinski definition) is 2. The van der Waals surface area contributed by atoms with Crippen molar-refractivity contribution in [3.63, 3.8) is 0 Å². The molecule has 1 atom stereocenters. The summed E-state index contributed by atoms with van der Waals surface area (Å²) >= 11 is 0. The van der Waals surface area contributed by atoms with Crippen LogP contribution in [-0.4, -0.2) is 27.4 Å². The number of nitrogens with zero attached hydrogens (tertiary/aromatic N) is 2. The quantitative estimate of drug-likeness (QED) is 0.834. The van der Waals surface area contributed by atoms with Crippen LogP contribution in [0.5, 0.6) is 0 Å². The van der Waals surface area contributed by atoms with Crippen molar-refractivity contribution in [3.8, 4) is 0 Å². The molecule has 1 heterocycles. The van der Waals surface area contributed by atoms with Gasteiger partial charge in [0.15, 0.2) is 0 Å². The van der Waals surface area contributed by atoms with Crippen molar-refractivity contribution in [2.75, 3.05) is 6.54 Å². The summed E-state index contributed by atoms with van der Waals surface area (Å²) < 4.78 is 1.67. The van der Waals surface area contributed by atoms with Gasteiger partial charge in [-0.1, -0.05) is 27.7 Å². The summed E-state index contributed by atoms with van der Waals surface area (Å²) in [6, 6.07) is -0.692. The molecule has 0 saturated heterocycles. The summed E-state index contributed by atoms with van der Waals surface area (Å²) in [6.07, 6.45) is 1.78. The molecule has 0 saturated carbocycles. The van der Waals surface area contributed by atoms with Crippen molar-refractivity contribution in [1.82, 2.24) is 15.1 Å². The molecule has 0 fully saturated rings. The van der Waals surface area contributed by atoms with Crippen LogP contribution >= 0.6 is 0 Å². The number of aryl methyl sites for hydroxylation is 1. The van der Waals surface area contributed by atoms with Gasteiger partial charge in [-0.25, -0.2) is 0 Å². The van der Waals surface area contributed by atoms with Crippen LogP contribution in [0.1, 0.15) is 45.0 Å². The first kappa shape index (κ1) is 13.7. The molecular formula is C12H21N3O2. The number of aliphatic carboxylic acids is 1. The zero-order valence-electron chi connectivity index (χ0n) is 11.1. The zero-order valence-corrected chi connectivity index (χ0v) is 11.1. The van der Waals surface area contributed by atoms with Crippen LogP contribution in [0.2, 0.25) is 0 Å². The van der Waals surface area contributed by atoms with E-state index in [0.717, 1.165) is 11.3 Å². The second kappa shape index (κ2) is 4.87. The molecule has 1 unspecified atom stereocenters. The van der Waals surface area contributed by atoms with Gasteiger partial charge in [-0.3, -0.25) is 9.48 Å². The van der Waals surface area contributed by atoms with Gasteiger partial charge in [0, 0.05) is 24.2 Å². The van der Waals surface area contributed by atoms with E-state index in [9.17, 15) is 9.90 Å². The summed E-state index contributed by atoms with van der Waals surface area (Å²) in [4.78, 5) is 11.3. The maximum absolute atomic E-state index is 11.3. The van der Waals surface area contributed by atoms with Gasteiger partial charge in [-0.05, 0) is 6.54 Å². The molecule has 1 aromatic heterocycles. The predicted molar refractivity (Wildman–Crippen MR) is 66.0 cm³/mol. The Labute approximate surface area is 102 Å². The summed E-state index contributed by atoms with van der Waals surface area (Å²) in [5.41, 5.74) is 1.40. The maximum atomic E-state index is 11.3. The third-order valence-corrected chi connectivity index (χ3v) is 2.53. The predicted octanol–water partition coefficient (Wildman–Crippen LogP) is 1.45. The Hall–Kier alpha value is -1.36. The van der Waals surface area contributed by atoms with Gasteiger partial charge in [-0.2, -0.15) is 5.10 Å². The molecule has 0 aromatic carbocycles. The van der Waals surface area contributed by atoms with Crippen molar-refractivity contribution >= 4 is 5.97 Å². The summed E-state index contributed by atoms with van der Waals surface area (Å²) in [6.45, 7) is 8.59. The molecule has 1 aromatic rings. The average Bonchev–Trinajstić information content (AvgIpc) is 2.55. The van der Waals surface area contributed by atoms with E-state index < -0.39 is 12.0 Å². The zero-order chi connectivity index (χ0) is 13.2. The highest BCUT2D eigenvalue weighted by molar-refractivity contribution is 5.76. The number of carboxylic acid groups (broad SMARTS) is 1. The summed E-state index contributed by atoms with van der Waals surface area (Å²) in [7, 11) is 1.81. The van der Waals surface area contributed by atoms with Crippen LogP contribution in [0.25, 0.3) is 0 Å². The third-order valence-electron chi connectivity index (χ3n) is 2.53. The molecule has 1 rings (SSSR count). The lowest BCUT2D eigenvalue weighted by Gasteiger charge is -2.20. The van der Waals surface area contributed by atoms with Crippen LogP contribution in [0.4, 0.5) is 0 Å². The van der Waals surface area contributed by atoms with Gasteiger partial charge in [0.05, 0.1) is 5.69 Å². The SMILES string of the molecule is CCNC(C(=O)O)c1cn(C)nc1C(C)(C)C. The van der Waals surface area contributed by atoms with E-state index in [0.29, 0.717) is 6.54 Å². The van der Waals surface area contributed by atoms with Crippen LogP contribution in [0.15, 0.2) is 6.20 Å². The van der Waals surface area contributed by atoms with E-state index in [1.54, 1.807) is 10.9 Å². The smallest absolute Gasteiger partial charge is 0.325 e. The molecule has 0 spiro atoms. The van der Waals surface area contributed by atoms with Crippen LogP contribution in [0.3, 0.4) is 0 Å². The van der Waals surface area contributed by atoms with Crippen molar-refractivity contribution in [3.05, 3.63) is 17.5 Å². The number of nitrogens with one attached hydrogen (secondary N) is 1. The number of carbonyl (C=O) groups is 1. The largest absolute Gasteiger partial charge is 0.480 e. The summed E-state index contributed by atoms with van der Waals surface area (Å²) in [5.74, 6) is -0.870. The molecule has 0 radical (unpaired) electrons. The molecule has 2 N–H and O–H groups in total. The number of rotatable bonds is 4. The Kier molecular flexibility index (Phi) is 3.93. The van der Waals surface area contributed by atoms with Gasteiger partial charge >= 0.3 is 5.97 Å². The molecule has 0 aliphatic carbocycles. The standard InChI is InChI=1S/C12H21N3O2/c1-6-13-9(11(16)17)8-7-15(5)14-10(8)12(2,3)4/h7,9,13H,6H2,1-5H3,(H,16,17). The minimum absolute atomic E-state index is 0.167. The molecule has 0 bridgehead atoms. The monoisotopic (exact) mass is 239 g/mol. The molecule has 17 heavy (non-hydrogen) atoms. The second-order valence-corrected chi connectivity index (χ2v) is 5.19. The number of likely N-dealkylation sites (N-methyl/N-ethyl adjacent to an activating group) is 1. The first-order valence-corrected chi connectivity index (χ1v) is 5.77. The number of carboxylic acids is 1. The lowest BCUT2D eigenvalue weighted by atomic mass is 9.87. The maximum Gasteiger partial charge on any atom is 0.325 e. The Morgan fingerprint density at radius 1 is 1.59 bits per heavy atom. The first-order valence-electron chi connectivity index (χ1n) is 5.77. The normalized spacial score (nSPS) is 13.7. The molecule has 5 heteroatoms. The molecule has 0 aliphatic heterocycles. The Balaban J connectivity index is 3.23. The van der Waals surface area contributed by atoms with E-state index in [-0.39, 0.29) is 5.41 Å². The molecule has 0 aliphatic rings. The van der Waals surface area contributed by atoms with E-state index in [2.05, 4.69) is 10.4 Å². The van der Waals surface area contributed by atoms with Gasteiger partial charge in [0.1, 0.15) is 6.04 Å². The van der Waals surface area contributed by atoms with Crippen molar-refractivity contribution in [2.24, 2.45) is 7.05 Å². The van der Waals surface area contributed by atoms with Gasteiger partial charge in [-0.15, -0.1) is 0 Å². The third kappa shape index (κ3) is 3.06. The average molecular weight is 239 g/mol. The van der Waals surface area contributed by atoms with Crippen LogP contribution < -0.4 is 5.32 Å². The lowest BCUT2D eigenvalue weighted by Crippen LogP contribution is -2.30. The number of hydrogen-bond acceptors (Lipinski definition) is 3. The Morgan fingerprint density at radius 2 is 2.18 bits per heavy atom. The minimum atomic E-state index is -0.870. The topological polar surface area (TPSA) is 67.2 Å². The van der Waals surface area contributed by atoms with Gasteiger partial charge in [0.25, 0.3) is 0 Å². The Morgan fingerprint density at radius 3 is 2.59 bits per heavy atom. The summed E-state index contributed by atoms with van der Waals surface area (Å²) in [5, 5.41) is 16.6. The highest BCUT2D eigenvalue weighted by atomic mass is 16.4. The van der Waals surface area contributed by atoms with Gasteiger partial charge < -0.3 is 10.4 Å².